The molecule has 0 radical (unpaired) electrons. The molecular formula is C22H23N3O. The van der Waals surface area contributed by atoms with Gasteiger partial charge < -0.3 is 10.2 Å². The molecule has 2 aromatic carbocycles. The zero-order valence-corrected chi connectivity index (χ0v) is 15.1. The van der Waals surface area contributed by atoms with E-state index in [0.717, 1.165) is 23.4 Å². The third-order valence-electron chi connectivity index (χ3n) is 4.17. The average Bonchev–Trinajstić information content (AvgIpc) is 2.63. The second-order valence-corrected chi connectivity index (χ2v) is 6.46. The minimum atomic E-state index is -0.0616. The minimum Gasteiger partial charge on any atom is -0.369 e. The molecule has 0 fully saturated rings. The Morgan fingerprint density at radius 2 is 1.77 bits per heavy atom. The van der Waals surface area contributed by atoms with Gasteiger partial charge in [-0.1, -0.05) is 60.2 Å². The SMILES string of the molecule is Cc1cccc(CC(=O)Nc2ccc(N(C)Cc3ccccc3)cn2)c1. The minimum absolute atomic E-state index is 0.0616. The molecule has 3 aromatic rings. The summed E-state index contributed by atoms with van der Waals surface area (Å²) in [5.41, 5.74) is 4.40. The molecule has 0 unspecified atom stereocenters. The van der Waals surface area contributed by atoms with Crippen LogP contribution >= 0.6 is 0 Å². The molecule has 0 saturated heterocycles. The lowest BCUT2D eigenvalue weighted by atomic mass is 10.1. The molecule has 0 bridgehead atoms. The molecule has 0 saturated carbocycles. The van der Waals surface area contributed by atoms with E-state index in [4.69, 9.17) is 0 Å². The molecule has 0 aliphatic rings. The number of rotatable bonds is 6. The Bertz CT molecular complexity index is 860. The first-order chi connectivity index (χ1) is 12.6. The Morgan fingerprint density at radius 3 is 2.46 bits per heavy atom. The van der Waals surface area contributed by atoms with Crippen LogP contribution < -0.4 is 10.2 Å². The van der Waals surface area contributed by atoms with E-state index in [9.17, 15) is 4.79 Å². The van der Waals surface area contributed by atoms with Gasteiger partial charge in [0.05, 0.1) is 18.3 Å². The molecule has 132 valence electrons. The molecule has 0 atom stereocenters. The van der Waals surface area contributed by atoms with E-state index in [0.29, 0.717) is 12.2 Å². The largest absolute Gasteiger partial charge is 0.369 e. The monoisotopic (exact) mass is 345 g/mol. The van der Waals surface area contributed by atoms with Crippen molar-refractivity contribution in [3.8, 4) is 0 Å². The van der Waals surface area contributed by atoms with Gasteiger partial charge in [0.2, 0.25) is 5.91 Å². The summed E-state index contributed by atoms with van der Waals surface area (Å²) in [6.45, 7) is 2.83. The maximum atomic E-state index is 12.2. The fourth-order valence-electron chi connectivity index (χ4n) is 2.83. The summed E-state index contributed by atoms with van der Waals surface area (Å²) in [4.78, 5) is 18.7. The Labute approximate surface area is 154 Å². The Kier molecular flexibility index (Phi) is 5.64. The summed E-state index contributed by atoms with van der Waals surface area (Å²) in [7, 11) is 2.03. The van der Waals surface area contributed by atoms with E-state index in [-0.39, 0.29) is 5.91 Å². The van der Waals surface area contributed by atoms with E-state index in [1.807, 2.05) is 68.6 Å². The van der Waals surface area contributed by atoms with Gasteiger partial charge in [0, 0.05) is 13.6 Å². The number of benzene rings is 2. The van der Waals surface area contributed by atoms with E-state index >= 15 is 0 Å². The van der Waals surface area contributed by atoms with Crippen molar-refractivity contribution >= 4 is 17.4 Å². The molecule has 1 amide bonds. The summed E-state index contributed by atoms with van der Waals surface area (Å²) >= 11 is 0. The molecule has 1 N–H and O–H groups in total. The summed E-state index contributed by atoms with van der Waals surface area (Å²) in [5, 5.41) is 2.86. The third-order valence-corrected chi connectivity index (χ3v) is 4.17. The van der Waals surface area contributed by atoms with Crippen LogP contribution in [0.5, 0.6) is 0 Å². The van der Waals surface area contributed by atoms with Gasteiger partial charge in [-0.15, -0.1) is 0 Å². The topological polar surface area (TPSA) is 45.2 Å². The quantitative estimate of drug-likeness (QED) is 0.728. The highest BCUT2D eigenvalue weighted by Gasteiger charge is 2.07. The molecule has 26 heavy (non-hydrogen) atoms. The molecule has 0 aliphatic carbocycles. The predicted molar refractivity (Wildman–Crippen MR) is 106 cm³/mol. The Balaban J connectivity index is 1.57. The number of aromatic nitrogens is 1. The molecule has 0 aliphatic heterocycles. The summed E-state index contributed by atoms with van der Waals surface area (Å²) in [6.07, 6.45) is 2.13. The van der Waals surface area contributed by atoms with Gasteiger partial charge >= 0.3 is 0 Å². The highest BCUT2D eigenvalue weighted by molar-refractivity contribution is 5.91. The van der Waals surface area contributed by atoms with E-state index in [1.54, 1.807) is 6.20 Å². The average molecular weight is 345 g/mol. The highest BCUT2D eigenvalue weighted by Crippen LogP contribution is 2.16. The number of anilines is 2. The molecule has 4 nitrogen and oxygen atoms in total. The van der Waals surface area contributed by atoms with Crippen LogP contribution in [0.1, 0.15) is 16.7 Å². The molecule has 1 aromatic heterocycles. The van der Waals surface area contributed by atoms with Crippen molar-refractivity contribution in [1.82, 2.24) is 4.98 Å². The van der Waals surface area contributed by atoms with Crippen LogP contribution in [0.15, 0.2) is 72.9 Å². The van der Waals surface area contributed by atoms with Crippen LogP contribution in [0.3, 0.4) is 0 Å². The zero-order chi connectivity index (χ0) is 18.4. The van der Waals surface area contributed by atoms with Gasteiger partial charge in [-0.25, -0.2) is 4.98 Å². The van der Waals surface area contributed by atoms with E-state index in [2.05, 4.69) is 27.3 Å². The standard InChI is InChI=1S/C22H23N3O/c1-17-7-6-10-19(13-17)14-22(26)24-21-12-11-20(15-23-21)25(2)16-18-8-4-3-5-9-18/h3-13,15H,14,16H2,1-2H3,(H,23,24,26). The first kappa shape index (κ1) is 17.7. The maximum Gasteiger partial charge on any atom is 0.229 e. The number of hydrogen-bond donors (Lipinski definition) is 1. The van der Waals surface area contributed by atoms with Crippen LogP contribution in [-0.4, -0.2) is 17.9 Å². The van der Waals surface area contributed by atoms with E-state index < -0.39 is 0 Å². The van der Waals surface area contributed by atoms with Gasteiger partial charge in [-0.3, -0.25) is 4.79 Å². The summed E-state index contributed by atoms with van der Waals surface area (Å²) in [6, 6.07) is 22.1. The van der Waals surface area contributed by atoms with Crippen LogP contribution in [0.25, 0.3) is 0 Å². The molecule has 0 spiro atoms. The lowest BCUT2D eigenvalue weighted by molar-refractivity contribution is -0.115. The van der Waals surface area contributed by atoms with Crippen molar-refractivity contribution in [2.24, 2.45) is 0 Å². The molecule has 3 rings (SSSR count). The molecule has 4 heteroatoms. The number of carbonyl (C=O) groups is 1. The first-order valence-corrected chi connectivity index (χ1v) is 8.67. The van der Waals surface area contributed by atoms with Crippen molar-refractivity contribution in [3.05, 3.63) is 89.6 Å². The van der Waals surface area contributed by atoms with Crippen LogP contribution in [0.4, 0.5) is 11.5 Å². The normalized spacial score (nSPS) is 10.4. The smallest absolute Gasteiger partial charge is 0.229 e. The number of nitrogens with zero attached hydrogens (tertiary/aromatic N) is 2. The van der Waals surface area contributed by atoms with Crippen molar-refractivity contribution in [2.45, 2.75) is 19.9 Å². The van der Waals surface area contributed by atoms with Gasteiger partial charge in [0.25, 0.3) is 0 Å². The fraction of sp³-hybridized carbons (Fsp3) is 0.182. The molecular weight excluding hydrogens is 322 g/mol. The second kappa shape index (κ2) is 8.30. The Hall–Kier alpha value is -3.14. The number of nitrogens with one attached hydrogen (secondary N) is 1. The van der Waals surface area contributed by atoms with Gasteiger partial charge in [0.15, 0.2) is 0 Å². The Morgan fingerprint density at radius 1 is 1.00 bits per heavy atom. The van der Waals surface area contributed by atoms with Crippen LogP contribution in [0.2, 0.25) is 0 Å². The highest BCUT2D eigenvalue weighted by atomic mass is 16.1. The summed E-state index contributed by atoms with van der Waals surface area (Å²) in [5.74, 6) is 0.507. The van der Waals surface area contributed by atoms with Crippen molar-refractivity contribution in [3.63, 3.8) is 0 Å². The van der Waals surface area contributed by atoms with Crippen LogP contribution in [-0.2, 0) is 17.8 Å². The zero-order valence-electron chi connectivity index (χ0n) is 15.1. The van der Waals surface area contributed by atoms with Crippen molar-refractivity contribution < 1.29 is 4.79 Å². The molecule has 1 heterocycles. The van der Waals surface area contributed by atoms with Crippen molar-refractivity contribution in [1.29, 1.82) is 0 Å². The fourth-order valence-corrected chi connectivity index (χ4v) is 2.83. The van der Waals surface area contributed by atoms with Crippen molar-refractivity contribution in [2.75, 3.05) is 17.3 Å². The lowest BCUT2D eigenvalue weighted by Crippen LogP contribution is -2.18. The number of amides is 1. The lowest BCUT2D eigenvalue weighted by Gasteiger charge is -2.19. The predicted octanol–water partition coefficient (Wildman–Crippen LogP) is 4.21. The second-order valence-electron chi connectivity index (χ2n) is 6.46. The maximum absolute atomic E-state index is 12.2. The number of aryl methyl sites for hydroxylation is 1. The van der Waals surface area contributed by atoms with Gasteiger partial charge in [-0.2, -0.15) is 0 Å². The first-order valence-electron chi connectivity index (χ1n) is 8.67. The van der Waals surface area contributed by atoms with Crippen LogP contribution in [0, 0.1) is 6.92 Å². The van der Waals surface area contributed by atoms with E-state index in [1.165, 1.54) is 5.56 Å². The van der Waals surface area contributed by atoms with Gasteiger partial charge in [0.1, 0.15) is 5.82 Å². The number of carbonyl (C=O) groups excluding carboxylic acids is 1. The summed E-state index contributed by atoms with van der Waals surface area (Å²) < 4.78 is 0. The number of hydrogen-bond acceptors (Lipinski definition) is 3. The number of pyridine rings is 1. The third kappa shape index (κ3) is 4.93. The van der Waals surface area contributed by atoms with Gasteiger partial charge in [-0.05, 0) is 30.2 Å².